The van der Waals surface area contributed by atoms with Crippen LogP contribution in [-0.4, -0.2) is 37.4 Å². The van der Waals surface area contributed by atoms with E-state index < -0.39 is 11.7 Å². The van der Waals surface area contributed by atoms with Gasteiger partial charge in [-0.05, 0) is 48.7 Å². The molecule has 3 aromatic rings. The summed E-state index contributed by atoms with van der Waals surface area (Å²) in [5.41, 5.74) is 1.48. The van der Waals surface area contributed by atoms with Crippen molar-refractivity contribution in [3.63, 3.8) is 0 Å². The van der Waals surface area contributed by atoms with Crippen LogP contribution in [-0.2, 0) is 4.79 Å². The van der Waals surface area contributed by atoms with Crippen molar-refractivity contribution < 1.29 is 23.8 Å². The summed E-state index contributed by atoms with van der Waals surface area (Å²) in [6.45, 7) is 2.01. The summed E-state index contributed by atoms with van der Waals surface area (Å²) in [5.74, 6) is 0.854. The number of benzene rings is 2. The zero-order valence-electron chi connectivity index (χ0n) is 16.3. The molecule has 7 heteroatoms. The molecule has 1 aromatic heterocycles. The maximum Gasteiger partial charge on any atom is 0.336 e. The van der Waals surface area contributed by atoms with Crippen LogP contribution in [0.1, 0.15) is 13.3 Å². The molecule has 1 unspecified atom stereocenters. The van der Waals surface area contributed by atoms with Gasteiger partial charge in [-0.15, -0.1) is 0 Å². The summed E-state index contributed by atoms with van der Waals surface area (Å²) >= 11 is 0. The van der Waals surface area contributed by atoms with Gasteiger partial charge in [-0.1, -0.05) is 12.1 Å². The fourth-order valence-corrected chi connectivity index (χ4v) is 2.92. The van der Waals surface area contributed by atoms with Crippen LogP contribution in [0.3, 0.4) is 0 Å². The number of amides is 1. The fraction of sp³-hybridized carbons (Fsp3) is 0.273. The van der Waals surface area contributed by atoms with Gasteiger partial charge in [-0.2, -0.15) is 0 Å². The van der Waals surface area contributed by atoms with E-state index in [2.05, 4.69) is 5.32 Å². The number of ether oxygens (including phenoxy) is 2. The van der Waals surface area contributed by atoms with E-state index >= 15 is 0 Å². The van der Waals surface area contributed by atoms with Gasteiger partial charge in [0.15, 0.2) is 6.10 Å². The minimum Gasteiger partial charge on any atom is -0.497 e. The summed E-state index contributed by atoms with van der Waals surface area (Å²) in [7, 11) is 1.59. The molecule has 3 rings (SSSR count). The largest absolute Gasteiger partial charge is 0.497 e. The SMILES string of the molecule is COc1ccc(-c2cc(=O)oc3cc(OC(C)C(=O)NCCCO)ccc23)cc1. The molecule has 0 aliphatic rings. The molecule has 1 heterocycles. The van der Waals surface area contributed by atoms with Gasteiger partial charge in [0.05, 0.1) is 7.11 Å². The lowest BCUT2D eigenvalue weighted by molar-refractivity contribution is -0.127. The van der Waals surface area contributed by atoms with Crippen molar-refractivity contribution in [2.45, 2.75) is 19.4 Å². The predicted octanol–water partition coefficient (Wildman–Crippen LogP) is 2.73. The molecule has 2 aromatic carbocycles. The smallest absolute Gasteiger partial charge is 0.336 e. The molecule has 29 heavy (non-hydrogen) atoms. The summed E-state index contributed by atoms with van der Waals surface area (Å²) in [6.07, 6.45) is -0.254. The molecule has 7 nitrogen and oxygen atoms in total. The van der Waals surface area contributed by atoms with Crippen LogP contribution >= 0.6 is 0 Å². The van der Waals surface area contributed by atoms with Crippen molar-refractivity contribution in [3.8, 4) is 22.6 Å². The number of aliphatic hydroxyl groups excluding tert-OH is 1. The highest BCUT2D eigenvalue weighted by molar-refractivity contribution is 5.94. The van der Waals surface area contributed by atoms with Gasteiger partial charge in [0.2, 0.25) is 0 Å². The first-order chi connectivity index (χ1) is 14.0. The van der Waals surface area contributed by atoms with Crippen molar-refractivity contribution in [1.29, 1.82) is 0 Å². The van der Waals surface area contributed by atoms with Crippen molar-refractivity contribution >= 4 is 16.9 Å². The van der Waals surface area contributed by atoms with Crippen molar-refractivity contribution in [2.24, 2.45) is 0 Å². The Morgan fingerprint density at radius 1 is 1.14 bits per heavy atom. The van der Waals surface area contributed by atoms with Crippen LogP contribution in [0.25, 0.3) is 22.1 Å². The van der Waals surface area contributed by atoms with Crippen LogP contribution < -0.4 is 20.4 Å². The minimum absolute atomic E-state index is 0.00968. The Bertz CT molecular complexity index is 1040. The van der Waals surface area contributed by atoms with Gasteiger partial charge >= 0.3 is 5.63 Å². The molecule has 0 spiro atoms. The topological polar surface area (TPSA) is 98.0 Å². The van der Waals surface area contributed by atoms with E-state index in [0.717, 1.165) is 22.3 Å². The van der Waals surface area contributed by atoms with Gasteiger partial charge in [0.25, 0.3) is 5.91 Å². The molecule has 2 N–H and O–H groups in total. The average molecular weight is 397 g/mol. The highest BCUT2D eigenvalue weighted by atomic mass is 16.5. The van der Waals surface area contributed by atoms with E-state index in [1.165, 1.54) is 6.07 Å². The van der Waals surface area contributed by atoms with Crippen LogP contribution in [0.2, 0.25) is 0 Å². The second-order valence-corrected chi connectivity index (χ2v) is 6.49. The second kappa shape index (κ2) is 9.25. The molecule has 0 aliphatic carbocycles. The molecule has 152 valence electrons. The number of methoxy groups -OCH3 is 1. The zero-order valence-corrected chi connectivity index (χ0v) is 16.3. The number of hydrogen-bond acceptors (Lipinski definition) is 6. The van der Waals surface area contributed by atoms with Crippen LogP contribution in [0, 0.1) is 0 Å². The molecule has 1 amide bonds. The highest BCUT2D eigenvalue weighted by Gasteiger charge is 2.15. The monoisotopic (exact) mass is 397 g/mol. The van der Waals surface area contributed by atoms with E-state index in [0.29, 0.717) is 24.3 Å². The average Bonchev–Trinajstić information content (AvgIpc) is 2.73. The van der Waals surface area contributed by atoms with Crippen LogP contribution in [0.15, 0.2) is 57.7 Å². The Hall–Kier alpha value is -3.32. The first kappa shape index (κ1) is 20.4. The van der Waals surface area contributed by atoms with E-state index in [-0.39, 0.29) is 12.5 Å². The molecule has 0 saturated heterocycles. The Balaban J connectivity index is 1.86. The molecular formula is C22H23NO6. The van der Waals surface area contributed by atoms with Crippen molar-refractivity contribution in [1.82, 2.24) is 5.32 Å². The first-order valence-electron chi connectivity index (χ1n) is 9.29. The van der Waals surface area contributed by atoms with E-state index in [9.17, 15) is 9.59 Å². The minimum atomic E-state index is -0.734. The number of fused-ring (bicyclic) bond motifs is 1. The maximum atomic E-state index is 12.1. The van der Waals surface area contributed by atoms with Crippen molar-refractivity contribution in [3.05, 3.63) is 59.0 Å². The third kappa shape index (κ3) is 4.94. The fourth-order valence-electron chi connectivity index (χ4n) is 2.92. The molecule has 0 saturated carbocycles. The molecular weight excluding hydrogens is 374 g/mol. The van der Waals surface area contributed by atoms with E-state index in [1.54, 1.807) is 32.2 Å². The summed E-state index contributed by atoms with van der Waals surface area (Å²) < 4.78 is 16.2. The standard InChI is InChI=1S/C22H23NO6/c1-14(22(26)23-10-3-11-24)28-17-8-9-18-19(13-21(25)29-20(18)12-17)15-4-6-16(27-2)7-5-15/h4-9,12-14,24H,3,10-11H2,1-2H3,(H,23,26). The van der Waals surface area contributed by atoms with Gasteiger partial charge < -0.3 is 24.3 Å². The Morgan fingerprint density at radius 3 is 2.55 bits per heavy atom. The third-order valence-corrected chi connectivity index (χ3v) is 4.43. The van der Waals surface area contributed by atoms with Crippen LogP contribution in [0.4, 0.5) is 0 Å². The quantitative estimate of drug-likeness (QED) is 0.448. The van der Waals surface area contributed by atoms with E-state index in [1.807, 2.05) is 24.3 Å². The molecule has 0 radical (unpaired) electrons. The Morgan fingerprint density at radius 2 is 1.86 bits per heavy atom. The number of rotatable bonds is 8. The normalized spacial score (nSPS) is 11.8. The summed E-state index contributed by atoms with van der Waals surface area (Å²) in [5, 5.41) is 12.2. The molecule has 0 aliphatic heterocycles. The summed E-state index contributed by atoms with van der Waals surface area (Å²) in [4.78, 5) is 24.1. The molecule has 0 fully saturated rings. The zero-order chi connectivity index (χ0) is 20.8. The second-order valence-electron chi connectivity index (χ2n) is 6.49. The third-order valence-electron chi connectivity index (χ3n) is 4.43. The highest BCUT2D eigenvalue weighted by Crippen LogP contribution is 2.31. The number of aliphatic hydroxyl groups is 1. The number of hydrogen-bond donors (Lipinski definition) is 2. The lowest BCUT2D eigenvalue weighted by atomic mass is 10.0. The molecule has 0 bridgehead atoms. The number of carbonyl (C=O) groups excluding carboxylic acids is 1. The van der Waals surface area contributed by atoms with Crippen LogP contribution in [0.5, 0.6) is 11.5 Å². The lowest BCUT2D eigenvalue weighted by Gasteiger charge is -2.15. The number of carbonyl (C=O) groups is 1. The van der Waals surface area contributed by atoms with E-state index in [4.69, 9.17) is 19.0 Å². The first-order valence-corrected chi connectivity index (χ1v) is 9.29. The maximum absolute atomic E-state index is 12.1. The lowest BCUT2D eigenvalue weighted by Crippen LogP contribution is -2.37. The van der Waals surface area contributed by atoms with Gasteiger partial charge in [-0.3, -0.25) is 4.79 Å². The Labute approximate surface area is 167 Å². The molecule has 1 atom stereocenters. The van der Waals surface area contributed by atoms with Gasteiger partial charge in [-0.25, -0.2) is 4.79 Å². The van der Waals surface area contributed by atoms with Gasteiger partial charge in [0, 0.05) is 30.7 Å². The summed E-state index contributed by atoms with van der Waals surface area (Å²) in [6, 6.07) is 14.0. The van der Waals surface area contributed by atoms with Crippen molar-refractivity contribution in [2.75, 3.05) is 20.3 Å². The number of nitrogens with one attached hydrogen (secondary N) is 1. The Kier molecular flexibility index (Phi) is 6.51. The van der Waals surface area contributed by atoms with Gasteiger partial charge in [0.1, 0.15) is 17.1 Å². The predicted molar refractivity (Wildman–Crippen MR) is 109 cm³/mol.